The van der Waals surface area contributed by atoms with Gasteiger partial charge in [-0.2, -0.15) is 0 Å². The van der Waals surface area contributed by atoms with Crippen molar-refractivity contribution in [3.63, 3.8) is 0 Å². The maximum absolute atomic E-state index is 13.4. The van der Waals surface area contributed by atoms with Gasteiger partial charge in [0.15, 0.2) is 0 Å². The molecule has 0 saturated carbocycles. The molecule has 2 aromatic rings. The van der Waals surface area contributed by atoms with Gasteiger partial charge in [-0.1, -0.05) is 25.1 Å². The topological polar surface area (TPSA) is 61.9 Å². The van der Waals surface area contributed by atoms with Crippen molar-refractivity contribution in [2.24, 2.45) is 0 Å². The second-order valence-corrected chi connectivity index (χ2v) is 9.27. The Balaban J connectivity index is 1.77. The van der Waals surface area contributed by atoms with Crippen LogP contribution >= 0.6 is 11.3 Å². The Morgan fingerprint density at radius 3 is 2.65 bits per heavy atom. The van der Waals surface area contributed by atoms with E-state index in [0.29, 0.717) is 13.2 Å². The summed E-state index contributed by atoms with van der Waals surface area (Å²) < 4.78 is 6.04. The number of thiophene rings is 1. The van der Waals surface area contributed by atoms with E-state index >= 15 is 0 Å². The normalized spacial score (nSPS) is 16.5. The van der Waals surface area contributed by atoms with Crippen molar-refractivity contribution in [1.29, 1.82) is 0 Å². The Hall–Kier alpha value is -2.54. The Kier molecular flexibility index (Phi) is 7.96. The predicted molar refractivity (Wildman–Crippen MR) is 125 cm³/mol. The zero-order valence-corrected chi connectivity index (χ0v) is 19.7. The van der Waals surface area contributed by atoms with Crippen molar-refractivity contribution in [2.75, 3.05) is 19.7 Å². The third-order valence-corrected chi connectivity index (χ3v) is 6.66. The van der Waals surface area contributed by atoms with Crippen LogP contribution in [0.25, 0.3) is 0 Å². The first-order valence-electron chi connectivity index (χ1n) is 11.0. The molecule has 3 amide bonds. The third kappa shape index (κ3) is 5.79. The lowest BCUT2D eigenvalue weighted by atomic mass is 10.00. The van der Waals surface area contributed by atoms with Crippen LogP contribution in [0.2, 0.25) is 0 Å². The Bertz CT molecular complexity index is 868. The summed E-state index contributed by atoms with van der Waals surface area (Å²) >= 11 is 1.73. The number of nitrogens with one attached hydrogen (secondary N) is 1. The SMILES string of the molecule is CC[C@H](C)N(CC(=O)N1CCc2sccc2[C@H]1COc1ccccc1)C(=O)NC(C)C. The summed E-state index contributed by atoms with van der Waals surface area (Å²) in [6.45, 7) is 8.95. The highest BCUT2D eigenvalue weighted by atomic mass is 32.1. The number of nitrogens with zero attached hydrogens (tertiary/aromatic N) is 2. The Morgan fingerprint density at radius 2 is 1.97 bits per heavy atom. The lowest BCUT2D eigenvalue weighted by Gasteiger charge is -2.38. The van der Waals surface area contributed by atoms with Crippen LogP contribution in [0.1, 0.15) is 50.6 Å². The molecule has 6 nitrogen and oxygen atoms in total. The van der Waals surface area contributed by atoms with Crippen LogP contribution in [-0.4, -0.2) is 53.5 Å². The van der Waals surface area contributed by atoms with Gasteiger partial charge in [0.2, 0.25) is 5.91 Å². The molecule has 1 aliphatic heterocycles. The van der Waals surface area contributed by atoms with Crippen LogP contribution in [0.4, 0.5) is 4.79 Å². The number of hydrogen-bond acceptors (Lipinski definition) is 4. The number of amides is 3. The minimum Gasteiger partial charge on any atom is -0.491 e. The predicted octanol–water partition coefficient (Wildman–Crippen LogP) is 4.47. The van der Waals surface area contributed by atoms with E-state index in [-0.39, 0.29) is 36.6 Å². The van der Waals surface area contributed by atoms with Crippen molar-refractivity contribution in [3.05, 3.63) is 52.2 Å². The van der Waals surface area contributed by atoms with E-state index < -0.39 is 0 Å². The summed E-state index contributed by atoms with van der Waals surface area (Å²) in [5, 5.41) is 5.01. The highest BCUT2D eigenvalue weighted by molar-refractivity contribution is 7.10. The number of rotatable bonds is 8. The smallest absolute Gasteiger partial charge is 0.318 e. The Morgan fingerprint density at radius 1 is 1.23 bits per heavy atom. The zero-order valence-electron chi connectivity index (χ0n) is 18.8. The van der Waals surface area contributed by atoms with Crippen LogP contribution < -0.4 is 10.1 Å². The number of carbonyl (C=O) groups excluding carboxylic acids is 2. The second-order valence-electron chi connectivity index (χ2n) is 8.27. The number of urea groups is 1. The van der Waals surface area contributed by atoms with Crippen LogP contribution in [-0.2, 0) is 11.2 Å². The van der Waals surface area contributed by atoms with Crippen LogP contribution in [0, 0.1) is 0 Å². The molecule has 168 valence electrons. The van der Waals surface area contributed by atoms with E-state index in [0.717, 1.165) is 24.2 Å². The maximum atomic E-state index is 13.4. The molecule has 1 aromatic heterocycles. The summed E-state index contributed by atoms with van der Waals surface area (Å²) in [5.74, 6) is 0.743. The molecule has 7 heteroatoms. The number of ether oxygens (including phenoxy) is 1. The van der Waals surface area contributed by atoms with Crippen LogP contribution in [0.3, 0.4) is 0 Å². The minimum atomic E-state index is -0.192. The van der Waals surface area contributed by atoms with Crippen LogP contribution in [0.15, 0.2) is 41.8 Å². The van der Waals surface area contributed by atoms with Gasteiger partial charge in [0.25, 0.3) is 0 Å². The molecular formula is C24H33N3O3S. The maximum Gasteiger partial charge on any atom is 0.318 e. The molecule has 0 fully saturated rings. The van der Waals surface area contributed by atoms with Gasteiger partial charge < -0.3 is 19.9 Å². The van der Waals surface area contributed by atoms with Gasteiger partial charge in [-0.25, -0.2) is 4.79 Å². The molecule has 31 heavy (non-hydrogen) atoms. The van der Waals surface area contributed by atoms with E-state index in [1.807, 2.05) is 62.9 Å². The molecule has 3 rings (SSSR count). The molecule has 0 spiro atoms. The van der Waals surface area contributed by atoms with E-state index in [2.05, 4.69) is 16.8 Å². The third-order valence-electron chi connectivity index (χ3n) is 5.67. The summed E-state index contributed by atoms with van der Waals surface area (Å²) in [6.07, 6.45) is 1.62. The molecule has 1 aromatic carbocycles. The van der Waals surface area contributed by atoms with Crippen molar-refractivity contribution in [3.8, 4) is 5.75 Å². The molecule has 2 heterocycles. The summed E-state index contributed by atoms with van der Waals surface area (Å²) in [5.41, 5.74) is 1.15. The van der Waals surface area contributed by atoms with Gasteiger partial charge in [-0.05, 0) is 62.8 Å². The van der Waals surface area contributed by atoms with Crippen molar-refractivity contribution >= 4 is 23.3 Å². The van der Waals surface area contributed by atoms with Gasteiger partial charge in [0.1, 0.15) is 18.9 Å². The zero-order chi connectivity index (χ0) is 22.4. The number of hydrogen-bond donors (Lipinski definition) is 1. The molecule has 1 aliphatic rings. The fraction of sp³-hybridized carbons (Fsp3) is 0.500. The molecule has 0 bridgehead atoms. The number of fused-ring (bicyclic) bond motifs is 1. The largest absolute Gasteiger partial charge is 0.491 e. The molecule has 0 radical (unpaired) electrons. The highest BCUT2D eigenvalue weighted by Gasteiger charge is 2.34. The first-order chi connectivity index (χ1) is 14.9. The quantitative estimate of drug-likeness (QED) is 0.655. The number of carbonyl (C=O) groups is 2. The van der Waals surface area contributed by atoms with Gasteiger partial charge >= 0.3 is 6.03 Å². The highest BCUT2D eigenvalue weighted by Crippen LogP contribution is 2.34. The lowest BCUT2D eigenvalue weighted by molar-refractivity contribution is -0.136. The van der Waals surface area contributed by atoms with E-state index in [4.69, 9.17) is 4.74 Å². The first-order valence-corrected chi connectivity index (χ1v) is 11.9. The van der Waals surface area contributed by atoms with E-state index in [1.165, 1.54) is 4.88 Å². The fourth-order valence-electron chi connectivity index (χ4n) is 3.78. The standard InChI is InChI=1S/C24H33N3O3S/c1-5-18(4)27(24(29)25-17(2)3)15-23(28)26-13-11-22-20(12-14-31-22)21(26)16-30-19-9-7-6-8-10-19/h6-10,12,14,17-18,21H,5,11,13,15-16H2,1-4H3,(H,25,29)/t18-,21+/m0/s1. The molecule has 2 atom stereocenters. The second kappa shape index (κ2) is 10.7. The van der Waals surface area contributed by atoms with Gasteiger partial charge in [0.05, 0.1) is 6.04 Å². The molecule has 0 unspecified atom stereocenters. The molecular weight excluding hydrogens is 410 g/mol. The fourth-order valence-corrected chi connectivity index (χ4v) is 4.71. The van der Waals surface area contributed by atoms with Crippen molar-refractivity contribution in [1.82, 2.24) is 15.1 Å². The monoisotopic (exact) mass is 443 g/mol. The average molecular weight is 444 g/mol. The minimum absolute atomic E-state index is 0.0181. The van der Waals surface area contributed by atoms with Crippen molar-refractivity contribution in [2.45, 2.75) is 58.7 Å². The summed E-state index contributed by atoms with van der Waals surface area (Å²) in [4.78, 5) is 31.0. The van der Waals surface area contributed by atoms with Gasteiger partial charge in [0, 0.05) is 23.5 Å². The van der Waals surface area contributed by atoms with Gasteiger partial charge in [-0.3, -0.25) is 4.79 Å². The summed E-state index contributed by atoms with van der Waals surface area (Å²) in [7, 11) is 0. The first kappa shape index (κ1) is 23.1. The molecule has 0 aliphatic carbocycles. The van der Waals surface area contributed by atoms with Crippen LogP contribution in [0.5, 0.6) is 5.75 Å². The van der Waals surface area contributed by atoms with E-state index in [1.54, 1.807) is 16.2 Å². The van der Waals surface area contributed by atoms with Crippen molar-refractivity contribution < 1.29 is 14.3 Å². The number of para-hydroxylation sites is 1. The molecule has 0 saturated heterocycles. The Labute approximate surface area is 189 Å². The lowest BCUT2D eigenvalue weighted by Crippen LogP contribution is -2.53. The molecule has 1 N–H and O–H groups in total. The van der Waals surface area contributed by atoms with E-state index in [9.17, 15) is 9.59 Å². The van der Waals surface area contributed by atoms with Gasteiger partial charge in [-0.15, -0.1) is 11.3 Å². The number of benzene rings is 1. The average Bonchev–Trinajstić information content (AvgIpc) is 3.24. The summed E-state index contributed by atoms with van der Waals surface area (Å²) in [6, 6.07) is 11.4.